The van der Waals surface area contributed by atoms with Crippen molar-refractivity contribution in [2.24, 2.45) is 0 Å². The Morgan fingerprint density at radius 1 is 1.08 bits per heavy atom. The summed E-state index contributed by atoms with van der Waals surface area (Å²) in [5.74, 6) is 0.715. The van der Waals surface area contributed by atoms with Crippen molar-refractivity contribution in [2.75, 3.05) is 19.1 Å². The average Bonchev–Trinajstić information content (AvgIpc) is 3.23. The van der Waals surface area contributed by atoms with Crippen molar-refractivity contribution in [3.05, 3.63) is 65.4 Å². The van der Waals surface area contributed by atoms with Crippen molar-refractivity contribution < 1.29 is 28.5 Å². The van der Waals surface area contributed by atoms with Gasteiger partial charge in [0.25, 0.3) is 0 Å². The predicted molar refractivity (Wildman–Crippen MR) is 142 cm³/mol. The number of ether oxygens (including phenoxy) is 4. The van der Waals surface area contributed by atoms with Crippen LogP contribution in [-0.4, -0.2) is 47.8 Å². The van der Waals surface area contributed by atoms with Crippen LogP contribution in [-0.2, 0) is 30.2 Å². The van der Waals surface area contributed by atoms with Gasteiger partial charge in [-0.05, 0) is 54.7 Å². The first-order chi connectivity index (χ1) is 17.8. The third kappa shape index (κ3) is 7.05. The third-order valence-electron chi connectivity index (χ3n) is 6.46. The molecular formula is C29H34ClNO6. The van der Waals surface area contributed by atoms with E-state index in [-0.39, 0.29) is 37.0 Å². The first-order valence-electron chi connectivity index (χ1n) is 12.7. The molecule has 8 heteroatoms. The first kappa shape index (κ1) is 27.0. The van der Waals surface area contributed by atoms with E-state index >= 15 is 0 Å². The van der Waals surface area contributed by atoms with Gasteiger partial charge in [-0.2, -0.15) is 0 Å². The minimum absolute atomic E-state index is 0.119. The molecule has 1 aromatic heterocycles. The quantitative estimate of drug-likeness (QED) is 0.191. The average molecular weight is 528 g/mol. The van der Waals surface area contributed by atoms with Crippen molar-refractivity contribution in [1.29, 1.82) is 0 Å². The molecule has 7 nitrogen and oxygen atoms in total. The molecule has 0 bridgehead atoms. The van der Waals surface area contributed by atoms with Crippen molar-refractivity contribution in [3.8, 4) is 5.75 Å². The number of carbonyl (C=O) groups excluding carboxylic acids is 2. The molecule has 198 valence electrons. The van der Waals surface area contributed by atoms with E-state index in [9.17, 15) is 9.59 Å². The number of rotatable bonds is 10. The van der Waals surface area contributed by atoms with Crippen LogP contribution in [0.4, 0.5) is 0 Å². The van der Waals surface area contributed by atoms with Crippen LogP contribution in [0.25, 0.3) is 10.9 Å². The van der Waals surface area contributed by atoms with E-state index in [1.54, 1.807) is 0 Å². The zero-order valence-electron chi connectivity index (χ0n) is 21.6. The van der Waals surface area contributed by atoms with Crippen LogP contribution in [0.5, 0.6) is 5.75 Å². The molecule has 2 heterocycles. The maximum absolute atomic E-state index is 11.7. The van der Waals surface area contributed by atoms with E-state index in [1.807, 2.05) is 18.2 Å². The number of aryl methyl sites for hydroxylation is 1. The van der Waals surface area contributed by atoms with Crippen LogP contribution < -0.4 is 4.74 Å². The second kappa shape index (κ2) is 12.5. The van der Waals surface area contributed by atoms with Crippen molar-refractivity contribution in [3.63, 3.8) is 0 Å². The van der Waals surface area contributed by atoms with Gasteiger partial charge < -0.3 is 23.5 Å². The Balaban J connectivity index is 1.61. The summed E-state index contributed by atoms with van der Waals surface area (Å²) in [5.41, 5.74) is 4.58. The molecule has 0 N–H and O–H groups in total. The molecule has 0 saturated carbocycles. The molecule has 0 amide bonds. The summed E-state index contributed by atoms with van der Waals surface area (Å²) in [6.45, 7) is 5.61. The minimum atomic E-state index is -0.371. The summed E-state index contributed by atoms with van der Waals surface area (Å²) in [6.07, 6.45) is 3.62. The number of hydrogen-bond acceptors (Lipinski definition) is 6. The fraction of sp³-hybridized carbons (Fsp3) is 0.448. The molecule has 1 fully saturated rings. The Bertz CT molecular complexity index is 1220. The molecule has 0 radical (unpaired) electrons. The summed E-state index contributed by atoms with van der Waals surface area (Å²) < 4.78 is 25.0. The van der Waals surface area contributed by atoms with Gasteiger partial charge in [0.05, 0.1) is 18.2 Å². The number of carbonyl (C=O) groups is 2. The molecule has 1 aliphatic rings. The number of nitrogens with zero attached hydrogens (tertiary/aromatic N) is 1. The van der Waals surface area contributed by atoms with E-state index in [4.69, 9.17) is 30.5 Å². The number of benzene rings is 2. The van der Waals surface area contributed by atoms with Crippen LogP contribution in [0.15, 0.2) is 48.7 Å². The summed E-state index contributed by atoms with van der Waals surface area (Å²) in [5, 5.41) is 1.18. The Labute approximate surface area is 222 Å². The van der Waals surface area contributed by atoms with Gasteiger partial charge in [0, 0.05) is 44.2 Å². The van der Waals surface area contributed by atoms with Gasteiger partial charge in [-0.25, -0.2) is 0 Å². The highest BCUT2D eigenvalue weighted by molar-refractivity contribution is 6.17. The first-order valence-corrected chi connectivity index (χ1v) is 13.2. The summed E-state index contributed by atoms with van der Waals surface area (Å²) >= 11 is 5.74. The largest absolute Gasteiger partial charge is 0.494 e. The van der Waals surface area contributed by atoms with Gasteiger partial charge in [-0.15, -0.1) is 11.6 Å². The van der Waals surface area contributed by atoms with Gasteiger partial charge in [-0.3, -0.25) is 9.59 Å². The molecule has 0 aliphatic carbocycles. The van der Waals surface area contributed by atoms with E-state index < -0.39 is 0 Å². The molecule has 2 aromatic carbocycles. The Morgan fingerprint density at radius 3 is 2.57 bits per heavy atom. The van der Waals surface area contributed by atoms with Gasteiger partial charge in [-0.1, -0.05) is 24.3 Å². The Morgan fingerprint density at radius 2 is 1.86 bits per heavy atom. The SMILES string of the molecule is CC(=O)OCC1CC(OC(C)=O)CC(n2cc(Cc3ccc(OCCCCl)cc3)c3c(C)cccc32)O1. The number of esters is 2. The highest BCUT2D eigenvalue weighted by Crippen LogP contribution is 2.35. The number of fused-ring (bicyclic) bond motifs is 1. The van der Waals surface area contributed by atoms with Crippen LogP contribution in [0.2, 0.25) is 0 Å². The fourth-order valence-corrected chi connectivity index (χ4v) is 5.01. The van der Waals surface area contributed by atoms with Gasteiger partial charge in [0.1, 0.15) is 24.7 Å². The highest BCUT2D eigenvalue weighted by Gasteiger charge is 2.34. The molecule has 3 aromatic rings. The van der Waals surface area contributed by atoms with Crippen LogP contribution in [0.3, 0.4) is 0 Å². The molecule has 1 saturated heterocycles. The number of hydrogen-bond donors (Lipinski definition) is 0. The van der Waals surface area contributed by atoms with E-state index in [1.165, 1.54) is 35.9 Å². The summed E-state index contributed by atoms with van der Waals surface area (Å²) in [4.78, 5) is 23.1. The molecule has 37 heavy (non-hydrogen) atoms. The molecular weight excluding hydrogens is 494 g/mol. The Kier molecular flexibility index (Phi) is 9.11. The lowest BCUT2D eigenvalue weighted by Gasteiger charge is -2.35. The zero-order chi connectivity index (χ0) is 26.4. The highest BCUT2D eigenvalue weighted by atomic mass is 35.5. The molecule has 4 rings (SSSR count). The molecule has 0 spiro atoms. The van der Waals surface area contributed by atoms with Gasteiger partial charge in [0.2, 0.25) is 0 Å². The van der Waals surface area contributed by atoms with Gasteiger partial charge in [0.15, 0.2) is 0 Å². The van der Waals surface area contributed by atoms with E-state index in [2.05, 4.69) is 42.0 Å². The van der Waals surface area contributed by atoms with E-state index in [0.29, 0.717) is 25.3 Å². The van der Waals surface area contributed by atoms with Crippen LogP contribution in [0.1, 0.15) is 56.0 Å². The number of alkyl halides is 1. The minimum Gasteiger partial charge on any atom is -0.494 e. The maximum Gasteiger partial charge on any atom is 0.302 e. The van der Waals surface area contributed by atoms with Crippen LogP contribution >= 0.6 is 11.6 Å². The zero-order valence-corrected chi connectivity index (χ0v) is 22.3. The second-order valence-electron chi connectivity index (χ2n) is 9.46. The predicted octanol–water partition coefficient (Wildman–Crippen LogP) is 5.72. The summed E-state index contributed by atoms with van der Waals surface area (Å²) in [7, 11) is 0. The third-order valence-corrected chi connectivity index (χ3v) is 6.73. The molecule has 3 unspecified atom stereocenters. The number of aromatic nitrogens is 1. The van der Waals surface area contributed by atoms with E-state index in [0.717, 1.165) is 24.1 Å². The van der Waals surface area contributed by atoms with Gasteiger partial charge >= 0.3 is 11.9 Å². The Hall–Kier alpha value is -3.03. The molecule has 3 atom stereocenters. The second-order valence-corrected chi connectivity index (χ2v) is 9.84. The lowest BCUT2D eigenvalue weighted by Crippen LogP contribution is -2.38. The fourth-order valence-electron chi connectivity index (χ4n) is 4.90. The number of halogens is 1. The summed E-state index contributed by atoms with van der Waals surface area (Å²) in [6, 6.07) is 14.4. The lowest BCUT2D eigenvalue weighted by molar-refractivity contribution is -0.178. The maximum atomic E-state index is 11.7. The van der Waals surface area contributed by atoms with Crippen LogP contribution in [0, 0.1) is 6.92 Å². The smallest absolute Gasteiger partial charge is 0.302 e. The normalized spacial score (nSPS) is 19.5. The standard InChI is InChI=1S/C29H34ClNO6/c1-19-6-4-7-27-29(19)23(14-22-8-10-24(11-9-22)34-13-5-12-30)17-31(27)28-16-25(36-21(3)33)15-26(37-28)18-35-20(2)32/h4,6-11,17,25-26,28H,5,12-16,18H2,1-3H3. The topological polar surface area (TPSA) is 76.0 Å². The van der Waals surface area contributed by atoms with Crippen molar-refractivity contribution in [2.45, 2.75) is 64.9 Å². The lowest BCUT2D eigenvalue weighted by atomic mass is 10.0. The monoisotopic (exact) mass is 527 g/mol. The van der Waals surface area contributed by atoms with Crippen molar-refractivity contribution >= 4 is 34.4 Å². The molecule has 1 aliphatic heterocycles. The van der Waals surface area contributed by atoms with Crippen molar-refractivity contribution in [1.82, 2.24) is 4.57 Å².